The summed E-state index contributed by atoms with van der Waals surface area (Å²) < 4.78 is 16.4. The van der Waals surface area contributed by atoms with Gasteiger partial charge in [-0.1, -0.05) is 17.7 Å². The number of nitrogens with zero attached hydrogens (tertiary/aromatic N) is 1. The summed E-state index contributed by atoms with van der Waals surface area (Å²) >= 11 is 6.10. The van der Waals surface area contributed by atoms with Crippen LogP contribution in [0, 0.1) is 17.0 Å². The number of aryl methyl sites for hydroxylation is 1. The molecule has 7 heteroatoms. The van der Waals surface area contributed by atoms with E-state index in [9.17, 15) is 10.1 Å². The van der Waals surface area contributed by atoms with E-state index in [1.54, 1.807) is 6.07 Å². The SMILES string of the molecule is Cc1ccc(Cl)c(OCc2cc([N+](=O)[O-])cc3c2OCOC3)c1. The highest BCUT2D eigenvalue weighted by molar-refractivity contribution is 6.32. The predicted molar refractivity (Wildman–Crippen MR) is 83.9 cm³/mol. The molecule has 0 aliphatic carbocycles. The predicted octanol–water partition coefficient (Wildman–Crippen LogP) is 4.00. The van der Waals surface area contributed by atoms with E-state index in [0.717, 1.165) is 5.56 Å². The summed E-state index contributed by atoms with van der Waals surface area (Å²) in [5.41, 5.74) is 2.22. The van der Waals surface area contributed by atoms with Gasteiger partial charge in [-0.15, -0.1) is 0 Å². The van der Waals surface area contributed by atoms with Crippen molar-refractivity contribution < 1.29 is 19.1 Å². The fourth-order valence-electron chi connectivity index (χ4n) is 2.37. The van der Waals surface area contributed by atoms with E-state index in [1.807, 2.05) is 19.1 Å². The number of rotatable bonds is 4. The van der Waals surface area contributed by atoms with Crippen LogP contribution in [0.15, 0.2) is 30.3 Å². The zero-order chi connectivity index (χ0) is 16.4. The molecule has 2 aromatic carbocycles. The summed E-state index contributed by atoms with van der Waals surface area (Å²) in [6, 6.07) is 8.35. The highest BCUT2D eigenvalue weighted by atomic mass is 35.5. The molecule has 1 aliphatic rings. The second-order valence-corrected chi connectivity index (χ2v) is 5.59. The fraction of sp³-hybridized carbons (Fsp3) is 0.250. The van der Waals surface area contributed by atoms with Crippen molar-refractivity contribution >= 4 is 17.3 Å². The molecule has 120 valence electrons. The van der Waals surface area contributed by atoms with E-state index in [0.29, 0.717) is 27.6 Å². The highest BCUT2D eigenvalue weighted by Crippen LogP contribution is 2.34. The number of hydrogen-bond acceptors (Lipinski definition) is 5. The number of ether oxygens (including phenoxy) is 3. The van der Waals surface area contributed by atoms with Gasteiger partial charge in [-0.05, 0) is 24.6 Å². The topological polar surface area (TPSA) is 70.8 Å². The van der Waals surface area contributed by atoms with Gasteiger partial charge in [0.2, 0.25) is 0 Å². The van der Waals surface area contributed by atoms with Crippen molar-refractivity contribution in [2.75, 3.05) is 6.79 Å². The molecule has 0 N–H and O–H groups in total. The van der Waals surface area contributed by atoms with Crippen LogP contribution in [0.5, 0.6) is 11.5 Å². The Morgan fingerprint density at radius 2 is 2.17 bits per heavy atom. The molecule has 0 unspecified atom stereocenters. The van der Waals surface area contributed by atoms with Gasteiger partial charge in [0.05, 0.1) is 16.6 Å². The minimum Gasteiger partial charge on any atom is -0.487 e. The number of nitro groups is 1. The number of hydrogen-bond donors (Lipinski definition) is 0. The Labute approximate surface area is 137 Å². The second-order valence-electron chi connectivity index (χ2n) is 5.18. The van der Waals surface area contributed by atoms with E-state index in [2.05, 4.69) is 0 Å². The van der Waals surface area contributed by atoms with E-state index in [1.165, 1.54) is 12.1 Å². The van der Waals surface area contributed by atoms with Crippen molar-refractivity contribution in [3.63, 3.8) is 0 Å². The van der Waals surface area contributed by atoms with Crippen molar-refractivity contribution in [1.29, 1.82) is 0 Å². The molecule has 0 aromatic heterocycles. The Morgan fingerprint density at radius 3 is 2.96 bits per heavy atom. The number of fused-ring (bicyclic) bond motifs is 1. The van der Waals surface area contributed by atoms with Gasteiger partial charge >= 0.3 is 0 Å². The molecular weight excluding hydrogens is 322 g/mol. The monoisotopic (exact) mass is 335 g/mol. The van der Waals surface area contributed by atoms with E-state index in [-0.39, 0.29) is 25.7 Å². The van der Waals surface area contributed by atoms with Crippen LogP contribution < -0.4 is 9.47 Å². The molecular formula is C16H14ClNO5. The number of non-ortho nitro benzene ring substituents is 1. The molecule has 0 atom stereocenters. The first-order valence-electron chi connectivity index (χ1n) is 6.94. The fourth-order valence-corrected chi connectivity index (χ4v) is 2.54. The molecule has 0 amide bonds. The summed E-state index contributed by atoms with van der Waals surface area (Å²) in [7, 11) is 0. The lowest BCUT2D eigenvalue weighted by atomic mass is 10.1. The Morgan fingerprint density at radius 1 is 1.35 bits per heavy atom. The average Bonchev–Trinajstić information content (AvgIpc) is 2.55. The number of halogens is 1. The van der Waals surface area contributed by atoms with Crippen LogP contribution in [-0.4, -0.2) is 11.7 Å². The Bertz CT molecular complexity index is 762. The van der Waals surface area contributed by atoms with E-state index < -0.39 is 4.92 Å². The van der Waals surface area contributed by atoms with Crippen LogP contribution in [0.25, 0.3) is 0 Å². The van der Waals surface area contributed by atoms with Crippen molar-refractivity contribution in [3.05, 3.63) is 62.2 Å². The van der Waals surface area contributed by atoms with Gasteiger partial charge in [0.15, 0.2) is 6.79 Å². The lowest BCUT2D eigenvalue weighted by Crippen LogP contribution is -2.14. The number of nitro benzene ring substituents is 1. The van der Waals surface area contributed by atoms with Gasteiger partial charge in [-0.3, -0.25) is 10.1 Å². The molecule has 3 rings (SSSR count). The Balaban J connectivity index is 1.91. The summed E-state index contributed by atoms with van der Waals surface area (Å²) in [6.45, 7) is 2.43. The minimum atomic E-state index is -0.446. The van der Waals surface area contributed by atoms with Crippen LogP contribution in [0.1, 0.15) is 16.7 Å². The molecule has 0 fully saturated rings. The summed E-state index contributed by atoms with van der Waals surface area (Å²) in [5, 5.41) is 11.6. The summed E-state index contributed by atoms with van der Waals surface area (Å²) in [4.78, 5) is 10.6. The third-order valence-electron chi connectivity index (χ3n) is 3.45. The van der Waals surface area contributed by atoms with Gasteiger partial charge in [0.25, 0.3) is 5.69 Å². The molecule has 0 saturated heterocycles. The number of benzene rings is 2. The maximum atomic E-state index is 11.1. The molecule has 0 radical (unpaired) electrons. The van der Waals surface area contributed by atoms with Crippen LogP contribution in [0.4, 0.5) is 5.69 Å². The van der Waals surface area contributed by atoms with Crippen molar-refractivity contribution in [3.8, 4) is 11.5 Å². The minimum absolute atomic E-state index is 0.0215. The summed E-state index contributed by atoms with van der Waals surface area (Å²) in [5.74, 6) is 1.10. The zero-order valence-electron chi connectivity index (χ0n) is 12.4. The third-order valence-corrected chi connectivity index (χ3v) is 3.76. The maximum absolute atomic E-state index is 11.1. The standard InChI is InChI=1S/C16H14ClNO5/c1-10-2-3-14(17)15(4-10)22-8-12-6-13(18(19)20)5-11-7-21-9-23-16(11)12/h2-6H,7-9H2,1H3. The normalized spacial score (nSPS) is 13.1. The van der Waals surface area contributed by atoms with Gasteiger partial charge in [0.1, 0.15) is 18.1 Å². The zero-order valence-corrected chi connectivity index (χ0v) is 13.1. The maximum Gasteiger partial charge on any atom is 0.270 e. The first-order valence-corrected chi connectivity index (χ1v) is 7.32. The van der Waals surface area contributed by atoms with Crippen molar-refractivity contribution in [2.24, 2.45) is 0 Å². The molecule has 0 bridgehead atoms. The molecule has 0 spiro atoms. The molecule has 2 aromatic rings. The first-order chi connectivity index (χ1) is 11.0. The van der Waals surface area contributed by atoms with E-state index >= 15 is 0 Å². The lowest BCUT2D eigenvalue weighted by Gasteiger charge is -2.20. The molecule has 1 aliphatic heterocycles. The quantitative estimate of drug-likeness (QED) is 0.623. The molecule has 1 heterocycles. The van der Waals surface area contributed by atoms with E-state index in [4.69, 9.17) is 25.8 Å². The molecule has 23 heavy (non-hydrogen) atoms. The van der Waals surface area contributed by atoms with Crippen molar-refractivity contribution in [1.82, 2.24) is 0 Å². The Hall–Kier alpha value is -2.31. The van der Waals surface area contributed by atoms with Gasteiger partial charge in [-0.2, -0.15) is 0 Å². The van der Waals surface area contributed by atoms with Gasteiger partial charge in [-0.25, -0.2) is 0 Å². The van der Waals surface area contributed by atoms with Crippen LogP contribution in [-0.2, 0) is 18.0 Å². The first kappa shape index (κ1) is 15.6. The summed E-state index contributed by atoms with van der Waals surface area (Å²) in [6.07, 6.45) is 0. The van der Waals surface area contributed by atoms with Crippen LogP contribution >= 0.6 is 11.6 Å². The van der Waals surface area contributed by atoms with Crippen molar-refractivity contribution in [2.45, 2.75) is 20.1 Å². The lowest BCUT2D eigenvalue weighted by molar-refractivity contribution is -0.385. The third kappa shape index (κ3) is 3.38. The average molecular weight is 336 g/mol. The van der Waals surface area contributed by atoms with Crippen LogP contribution in [0.2, 0.25) is 5.02 Å². The highest BCUT2D eigenvalue weighted by Gasteiger charge is 2.21. The largest absolute Gasteiger partial charge is 0.487 e. The second kappa shape index (κ2) is 6.44. The van der Waals surface area contributed by atoms with Crippen LogP contribution in [0.3, 0.4) is 0 Å². The van der Waals surface area contributed by atoms with Gasteiger partial charge in [0, 0.05) is 23.3 Å². The molecule has 0 saturated carbocycles. The van der Waals surface area contributed by atoms with Gasteiger partial charge < -0.3 is 14.2 Å². The smallest absolute Gasteiger partial charge is 0.270 e. The molecule has 6 nitrogen and oxygen atoms in total. The Kier molecular flexibility index (Phi) is 4.36.